The van der Waals surface area contributed by atoms with Crippen molar-refractivity contribution in [2.75, 3.05) is 12.4 Å². The SMILES string of the molecule is CCSC(=O)CC(C)CO[Si](c1ccccc1)(c1ccccc1)C(C)(C)C. The van der Waals surface area contributed by atoms with E-state index in [9.17, 15) is 4.79 Å². The Kier molecular flexibility index (Phi) is 7.89. The van der Waals surface area contributed by atoms with Crippen molar-refractivity contribution >= 4 is 35.6 Å². The molecule has 2 aromatic carbocycles. The molecular weight excluding hydrogens is 368 g/mol. The molecule has 0 heterocycles. The molecule has 1 unspecified atom stereocenters. The third-order valence-electron chi connectivity index (χ3n) is 4.82. The first-order valence-electron chi connectivity index (χ1n) is 9.72. The molecule has 0 amide bonds. The van der Waals surface area contributed by atoms with Gasteiger partial charge in [-0.15, -0.1) is 0 Å². The largest absolute Gasteiger partial charge is 0.407 e. The van der Waals surface area contributed by atoms with Crippen molar-refractivity contribution in [2.24, 2.45) is 5.92 Å². The zero-order valence-corrected chi connectivity index (χ0v) is 19.0. The molecule has 0 aliphatic heterocycles. The van der Waals surface area contributed by atoms with Gasteiger partial charge >= 0.3 is 0 Å². The van der Waals surface area contributed by atoms with Crippen molar-refractivity contribution in [3.05, 3.63) is 60.7 Å². The highest BCUT2D eigenvalue weighted by atomic mass is 32.2. The van der Waals surface area contributed by atoms with Crippen LogP contribution < -0.4 is 10.4 Å². The molecule has 0 saturated heterocycles. The van der Waals surface area contributed by atoms with Crippen LogP contribution in [-0.2, 0) is 9.22 Å². The van der Waals surface area contributed by atoms with E-state index >= 15 is 0 Å². The number of thioether (sulfide) groups is 1. The topological polar surface area (TPSA) is 26.3 Å². The highest BCUT2D eigenvalue weighted by Crippen LogP contribution is 2.37. The summed E-state index contributed by atoms with van der Waals surface area (Å²) in [6, 6.07) is 21.3. The number of hydrogen-bond donors (Lipinski definition) is 0. The number of hydrogen-bond acceptors (Lipinski definition) is 3. The Morgan fingerprint density at radius 2 is 1.48 bits per heavy atom. The number of rotatable bonds is 8. The van der Waals surface area contributed by atoms with E-state index in [4.69, 9.17) is 4.43 Å². The molecule has 0 bridgehead atoms. The Labute approximate surface area is 169 Å². The number of benzene rings is 2. The molecule has 2 rings (SSSR count). The summed E-state index contributed by atoms with van der Waals surface area (Å²) in [5.74, 6) is 1.04. The van der Waals surface area contributed by atoms with E-state index in [1.54, 1.807) is 0 Å². The fourth-order valence-electron chi connectivity index (χ4n) is 3.59. The third kappa shape index (κ3) is 5.34. The van der Waals surface area contributed by atoms with Gasteiger partial charge in [0.15, 0.2) is 5.12 Å². The molecule has 0 aliphatic rings. The van der Waals surface area contributed by atoms with Crippen LogP contribution in [0.5, 0.6) is 0 Å². The van der Waals surface area contributed by atoms with Crippen molar-refractivity contribution in [1.82, 2.24) is 0 Å². The quantitative estimate of drug-likeness (QED) is 0.591. The molecule has 0 N–H and O–H groups in total. The van der Waals surface area contributed by atoms with Gasteiger partial charge in [-0.3, -0.25) is 4.79 Å². The molecule has 0 fully saturated rings. The summed E-state index contributed by atoms with van der Waals surface area (Å²) in [4.78, 5) is 12.0. The van der Waals surface area contributed by atoms with Crippen LogP contribution in [0, 0.1) is 5.92 Å². The van der Waals surface area contributed by atoms with E-state index < -0.39 is 8.32 Å². The van der Waals surface area contributed by atoms with Gasteiger partial charge in [0, 0.05) is 13.0 Å². The standard InChI is InChI=1S/C23H32O2SSi/c1-6-26-22(24)17-19(2)18-25-27(23(3,4)5,20-13-9-7-10-14-20)21-15-11-8-12-16-21/h7-16,19H,6,17-18H2,1-5H3. The maximum atomic E-state index is 12.0. The van der Waals surface area contributed by atoms with Gasteiger partial charge in [-0.2, -0.15) is 0 Å². The normalized spacial score (nSPS) is 13.4. The van der Waals surface area contributed by atoms with Crippen molar-refractivity contribution in [1.29, 1.82) is 0 Å². The van der Waals surface area contributed by atoms with E-state index in [0.29, 0.717) is 13.0 Å². The zero-order chi connectivity index (χ0) is 19.9. The lowest BCUT2D eigenvalue weighted by Crippen LogP contribution is -2.66. The van der Waals surface area contributed by atoms with Crippen molar-refractivity contribution in [3.8, 4) is 0 Å². The van der Waals surface area contributed by atoms with E-state index in [0.717, 1.165) is 5.75 Å². The number of carbonyl (C=O) groups is 1. The monoisotopic (exact) mass is 400 g/mol. The van der Waals surface area contributed by atoms with E-state index in [1.807, 2.05) is 6.92 Å². The summed E-state index contributed by atoms with van der Waals surface area (Å²) in [6.07, 6.45) is 0.566. The molecule has 0 spiro atoms. The maximum Gasteiger partial charge on any atom is 0.261 e. The second-order valence-electron chi connectivity index (χ2n) is 8.09. The molecule has 0 aliphatic carbocycles. The smallest absolute Gasteiger partial charge is 0.261 e. The second-order valence-corrected chi connectivity index (χ2v) is 13.7. The molecule has 0 radical (unpaired) electrons. The maximum absolute atomic E-state index is 12.0. The zero-order valence-electron chi connectivity index (χ0n) is 17.2. The van der Waals surface area contributed by atoms with Gasteiger partial charge < -0.3 is 4.43 Å². The van der Waals surface area contributed by atoms with Crippen molar-refractivity contribution in [3.63, 3.8) is 0 Å². The fourth-order valence-corrected chi connectivity index (χ4v) is 9.01. The van der Waals surface area contributed by atoms with Crippen molar-refractivity contribution in [2.45, 2.75) is 46.1 Å². The minimum atomic E-state index is -2.50. The lowest BCUT2D eigenvalue weighted by atomic mass is 10.1. The van der Waals surface area contributed by atoms with Crippen LogP contribution in [0.3, 0.4) is 0 Å². The average Bonchev–Trinajstić information content (AvgIpc) is 2.63. The number of carbonyl (C=O) groups excluding carboxylic acids is 1. The van der Waals surface area contributed by atoms with Crippen LogP contribution in [0.1, 0.15) is 41.0 Å². The highest BCUT2D eigenvalue weighted by Gasteiger charge is 2.50. The summed E-state index contributed by atoms with van der Waals surface area (Å²) in [5.41, 5.74) is 0. The van der Waals surface area contributed by atoms with Crippen molar-refractivity contribution < 1.29 is 9.22 Å². The molecule has 146 valence electrons. The van der Waals surface area contributed by atoms with Crippen LogP contribution >= 0.6 is 11.8 Å². The van der Waals surface area contributed by atoms with E-state index in [1.165, 1.54) is 22.1 Å². The second kappa shape index (κ2) is 9.72. The minimum absolute atomic E-state index is 0.0302. The summed E-state index contributed by atoms with van der Waals surface area (Å²) < 4.78 is 6.88. The predicted molar refractivity (Wildman–Crippen MR) is 120 cm³/mol. The molecule has 0 saturated carbocycles. The molecule has 2 nitrogen and oxygen atoms in total. The third-order valence-corrected chi connectivity index (χ3v) is 10.6. The molecule has 1 atom stereocenters. The first-order chi connectivity index (χ1) is 12.8. The Bertz CT molecular complexity index is 671. The summed E-state index contributed by atoms with van der Waals surface area (Å²) in [5, 5.41) is 2.80. The van der Waals surface area contributed by atoms with Crippen LogP contribution in [0.15, 0.2) is 60.7 Å². The van der Waals surface area contributed by atoms with Crippen LogP contribution in [0.4, 0.5) is 0 Å². The lowest BCUT2D eigenvalue weighted by molar-refractivity contribution is -0.111. The first-order valence-corrected chi connectivity index (χ1v) is 12.6. The van der Waals surface area contributed by atoms with Crippen LogP contribution in [-0.4, -0.2) is 25.8 Å². The Morgan fingerprint density at radius 1 is 1.00 bits per heavy atom. The summed E-state index contributed by atoms with van der Waals surface area (Å²) in [6.45, 7) is 11.6. The lowest BCUT2D eigenvalue weighted by Gasteiger charge is -2.43. The molecular formula is C23H32O2SSi. The Morgan fingerprint density at radius 3 is 1.89 bits per heavy atom. The van der Waals surface area contributed by atoms with Crippen LogP contribution in [0.25, 0.3) is 0 Å². The van der Waals surface area contributed by atoms with Crippen LogP contribution in [0.2, 0.25) is 5.04 Å². The predicted octanol–water partition coefficient (Wildman–Crippen LogP) is 4.87. The molecule has 4 heteroatoms. The highest BCUT2D eigenvalue weighted by molar-refractivity contribution is 8.13. The molecule has 2 aromatic rings. The van der Waals surface area contributed by atoms with Gasteiger partial charge in [0.25, 0.3) is 8.32 Å². The molecule has 27 heavy (non-hydrogen) atoms. The average molecular weight is 401 g/mol. The van der Waals surface area contributed by atoms with Gasteiger partial charge in [0.05, 0.1) is 0 Å². The van der Waals surface area contributed by atoms with Gasteiger partial charge in [0.1, 0.15) is 0 Å². The van der Waals surface area contributed by atoms with Gasteiger partial charge in [-0.05, 0) is 27.1 Å². The summed E-state index contributed by atoms with van der Waals surface area (Å²) >= 11 is 1.41. The van der Waals surface area contributed by atoms with E-state index in [-0.39, 0.29) is 16.1 Å². The van der Waals surface area contributed by atoms with E-state index in [2.05, 4.69) is 88.4 Å². The molecule has 0 aromatic heterocycles. The fraction of sp³-hybridized carbons (Fsp3) is 0.435. The Hall–Kier alpha value is -1.36. The first kappa shape index (κ1) is 21.9. The summed E-state index contributed by atoms with van der Waals surface area (Å²) in [7, 11) is -2.50. The van der Waals surface area contributed by atoms with Gasteiger partial charge in [-0.1, -0.05) is 107 Å². The van der Waals surface area contributed by atoms with Gasteiger partial charge in [-0.25, -0.2) is 0 Å². The van der Waals surface area contributed by atoms with Gasteiger partial charge in [0.2, 0.25) is 0 Å². The Balaban J connectivity index is 2.39. The minimum Gasteiger partial charge on any atom is -0.407 e.